The molecule has 13 heteroatoms. The van der Waals surface area contributed by atoms with Gasteiger partial charge in [0.05, 0.1) is 0 Å². The Morgan fingerprint density at radius 1 is 0.741 bits per heavy atom. The summed E-state index contributed by atoms with van der Waals surface area (Å²) in [6.45, 7) is 3.72. The Labute approximate surface area is 155 Å². The summed E-state index contributed by atoms with van der Waals surface area (Å²) in [5.74, 6) is -11.6. The summed E-state index contributed by atoms with van der Waals surface area (Å²) in [7, 11) is 0. The highest BCUT2D eigenvalue weighted by molar-refractivity contribution is 6.17. The highest BCUT2D eigenvalue weighted by Crippen LogP contribution is 2.32. The lowest BCUT2D eigenvalue weighted by Gasteiger charge is -2.33. The number of carbonyl (C=O) groups is 3. The van der Waals surface area contributed by atoms with Crippen LogP contribution in [-0.2, 0) is 28.6 Å². The second kappa shape index (κ2) is 8.98. The van der Waals surface area contributed by atoms with Crippen LogP contribution in [0.15, 0.2) is 0 Å². The third-order valence-electron chi connectivity index (χ3n) is 2.58. The van der Waals surface area contributed by atoms with Crippen LogP contribution in [0.5, 0.6) is 0 Å². The third kappa shape index (κ3) is 8.67. The average molecular weight is 431 g/mol. The highest BCUT2D eigenvalue weighted by atomic mass is 35.5. The van der Waals surface area contributed by atoms with E-state index in [4.69, 9.17) is 16.3 Å². The minimum Gasteiger partial charge on any atom is -0.454 e. The van der Waals surface area contributed by atoms with Crippen molar-refractivity contribution in [3.8, 4) is 0 Å². The summed E-state index contributed by atoms with van der Waals surface area (Å²) < 4.78 is 87.7. The van der Waals surface area contributed by atoms with Crippen LogP contribution in [0.4, 0.5) is 26.3 Å². The number of unbranched alkanes of at least 4 members (excludes halogenated alkanes) is 1. The van der Waals surface area contributed by atoms with Crippen molar-refractivity contribution in [2.75, 3.05) is 5.88 Å². The van der Waals surface area contributed by atoms with Gasteiger partial charge in [0.25, 0.3) is 0 Å². The number of esters is 3. The standard InChI is InChI=1S/C14H17ClF6O6/c1-11(2,3)25-8(22)12(6-4-5-7-15,26-9(23)13(16,17)18)27-10(24)14(19,20)21/h4-7H2,1-3H3. The maximum Gasteiger partial charge on any atom is 0.491 e. The lowest BCUT2D eigenvalue weighted by Crippen LogP contribution is -2.53. The number of halogens is 7. The molecule has 0 aliphatic rings. The normalized spacial score (nSPS) is 13.1. The van der Waals surface area contributed by atoms with Gasteiger partial charge in [-0.1, -0.05) is 0 Å². The quantitative estimate of drug-likeness (QED) is 0.202. The van der Waals surface area contributed by atoms with Gasteiger partial charge in [0.2, 0.25) is 0 Å². The zero-order chi connectivity index (χ0) is 21.7. The smallest absolute Gasteiger partial charge is 0.454 e. The van der Waals surface area contributed by atoms with Gasteiger partial charge in [0.1, 0.15) is 5.60 Å². The first kappa shape index (κ1) is 25.3. The van der Waals surface area contributed by atoms with Crippen LogP contribution in [0.1, 0.15) is 40.0 Å². The molecule has 0 bridgehead atoms. The van der Waals surface area contributed by atoms with E-state index < -0.39 is 48.1 Å². The van der Waals surface area contributed by atoms with E-state index in [9.17, 15) is 40.7 Å². The van der Waals surface area contributed by atoms with E-state index in [2.05, 4.69) is 9.47 Å². The topological polar surface area (TPSA) is 78.9 Å². The van der Waals surface area contributed by atoms with Crippen LogP contribution in [0, 0.1) is 0 Å². The molecule has 0 aromatic rings. The molecule has 0 aromatic carbocycles. The highest BCUT2D eigenvalue weighted by Gasteiger charge is 2.57. The summed E-state index contributed by atoms with van der Waals surface area (Å²) in [6.07, 6.45) is -12.7. The Hall–Kier alpha value is -1.72. The van der Waals surface area contributed by atoms with Gasteiger partial charge in [-0.05, 0) is 33.6 Å². The van der Waals surface area contributed by atoms with E-state index in [1.807, 2.05) is 0 Å². The molecule has 0 aliphatic carbocycles. The number of carbonyl (C=O) groups excluding carboxylic acids is 3. The molecule has 158 valence electrons. The van der Waals surface area contributed by atoms with Crippen LogP contribution in [-0.4, -0.2) is 47.5 Å². The monoisotopic (exact) mass is 430 g/mol. The summed E-state index contributed by atoms with van der Waals surface area (Å²) in [6, 6.07) is 0. The molecule has 0 spiro atoms. The zero-order valence-corrected chi connectivity index (χ0v) is 15.2. The lowest BCUT2D eigenvalue weighted by molar-refractivity contribution is -0.278. The molecule has 0 aliphatic heterocycles. The van der Waals surface area contributed by atoms with Crippen LogP contribution < -0.4 is 0 Å². The van der Waals surface area contributed by atoms with Crippen molar-refractivity contribution in [3.63, 3.8) is 0 Å². The van der Waals surface area contributed by atoms with Crippen LogP contribution in [0.2, 0.25) is 0 Å². The molecule has 6 nitrogen and oxygen atoms in total. The summed E-state index contributed by atoms with van der Waals surface area (Å²) in [5.41, 5.74) is -1.41. The second-order valence-electron chi connectivity index (χ2n) is 6.18. The van der Waals surface area contributed by atoms with E-state index >= 15 is 0 Å². The van der Waals surface area contributed by atoms with E-state index in [-0.39, 0.29) is 18.7 Å². The second-order valence-corrected chi connectivity index (χ2v) is 6.55. The molecule has 0 fully saturated rings. The van der Waals surface area contributed by atoms with Crippen molar-refractivity contribution in [1.29, 1.82) is 0 Å². The first-order valence-electron chi connectivity index (χ1n) is 7.34. The van der Waals surface area contributed by atoms with Crippen molar-refractivity contribution in [2.24, 2.45) is 0 Å². The van der Waals surface area contributed by atoms with Gasteiger partial charge in [0, 0.05) is 12.3 Å². The first-order chi connectivity index (χ1) is 11.9. The number of hydrogen-bond acceptors (Lipinski definition) is 6. The minimum atomic E-state index is -5.68. The van der Waals surface area contributed by atoms with E-state index in [0.717, 1.165) is 0 Å². The molecule has 0 N–H and O–H groups in total. The van der Waals surface area contributed by atoms with E-state index in [1.165, 1.54) is 20.8 Å². The lowest BCUT2D eigenvalue weighted by atomic mass is 10.1. The molecule has 0 aromatic heterocycles. The Morgan fingerprint density at radius 2 is 1.15 bits per heavy atom. The van der Waals surface area contributed by atoms with Crippen molar-refractivity contribution in [2.45, 2.75) is 63.8 Å². The van der Waals surface area contributed by atoms with Gasteiger partial charge in [-0.25, -0.2) is 14.4 Å². The van der Waals surface area contributed by atoms with Crippen molar-refractivity contribution in [3.05, 3.63) is 0 Å². The van der Waals surface area contributed by atoms with Crippen LogP contribution in [0.25, 0.3) is 0 Å². The SMILES string of the molecule is CC(C)(C)OC(=O)C(CCCCCl)(OC(=O)C(F)(F)F)OC(=O)C(F)(F)F. The summed E-state index contributed by atoms with van der Waals surface area (Å²) in [4.78, 5) is 34.6. The van der Waals surface area contributed by atoms with Gasteiger partial charge in [-0.2, -0.15) is 26.3 Å². The molecule has 0 rings (SSSR count). The Balaban J connectivity index is 6.05. The van der Waals surface area contributed by atoms with Gasteiger partial charge < -0.3 is 14.2 Å². The summed E-state index contributed by atoms with van der Waals surface area (Å²) >= 11 is 5.38. The largest absolute Gasteiger partial charge is 0.491 e. The molecule has 0 amide bonds. The molecule has 0 saturated carbocycles. The molecule has 0 heterocycles. The molecular formula is C14H17ClF6O6. The fraction of sp³-hybridized carbons (Fsp3) is 0.786. The minimum absolute atomic E-state index is 0.000754. The van der Waals surface area contributed by atoms with Crippen LogP contribution >= 0.6 is 11.6 Å². The van der Waals surface area contributed by atoms with Gasteiger partial charge in [-0.15, -0.1) is 11.6 Å². The fourth-order valence-electron chi connectivity index (χ4n) is 1.53. The first-order valence-corrected chi connectivity index (χ1v) is 7.88. The van der Waals surface area contributed by atoms with Crippen molar-refractivity contribution < 1.29 is 54.9 Å². The van der Waals surface area contributed by atoms with Gasteiger partial charge in [-0.3, -0.25) is 0 Å². The average Bonchev–Trinajstić information content (AvgIpc) is 2.43. The molecule has 0 radical (unpaired) electrons. The molecule has 0 atom stereocenters. The fourth-order valence-corrected chi connectivity index (χ4v) is 1.72. The number of rotatable bonds is 7. The van der Waals surface area contributed by atoms with Gasteiger partial charge >= 0.3 is 36.0 Å². The molecular weight excluding hydrogens is 414 g/mol. The Morgan fingerprint density at radius 3 is 1.44 bits per heavy atom. The summed E-state index contributed by atoms with van der Waals surface area (Å²) in [5, 5.41) is 0. The van der Waals surface area contributed by atoms with Gasteiger partial charge in [0.15, 0.2) is 0 Å². The predicted molar refractivity (Wildman–Crippen MR) is 77.4 cm³/mol. The Kier molecular flexibility index (Phi) is 8.41. The van der Waals surface area contributed by atoms with Crippen molar-refractivity contribution in [1.82, 2.24) is 0 Å². The van der Waals surface area contributed by atoms with E-state index in [0.29, 0.717) is 0 Å². The third-order valence-corrected chi connectivity index (χ3v) is 2.84. The maximum absolute atomic E-state index is 12.5. The molecule has 27 heavy (non-hydrogen) atoms. The number of alkyl halides is 7. The van der Waals surface area contributed by atoms with Crippen molar-refractivity contribution >= 4 is 29.5 Å². The molecule has 0 unspecified atom stereocenters. The van der Waals surface area contributed by atoms with E-state index in [1.54, 1.807) is 0 Å². The van der Waals surface area contributed by atoms with Crippen LogP contribution in [0.3, 0.4) is 0 Å². The molecule has 0 saturated heterocycles. The number of ether oxygens (including phenoxy) is 3. The Bertz CT molecular complexity index is 524. The number of hydrogen-bond donors (Lipinski definition) is 0. The zero-order valence-electron chi connectivity index (χ0n) is 14.4. The predicted octanol–water partition coefficient (Wildman–Crippen LogP) is 3.64. The maximum atomic E-state index is 12.5.